The van der Waals surface area contributed by atoms with Gasteiger partial charge in [-0.15, -0.1) is 0 Å². The lowest BCUT2D eigenvalue weighted by Gasteiger charge is -2.06. The quantitative estimate of drug-likeness (QED) is 0.0894. The molecule has 1 aromatic rings. The van der Waals surface area contributed by atoms with Gasteiger partial charge < -0.3 is 35.5 Å². The number of carbonyl (C=O) groups excluding carboxylic acids is 1. The van der Waals surface area contributed by atoms with Crippen LogP contribution in [0.15, 0.2) is 41.4 Å². The second-order valence-electron chi connectivity index (χ2n) is 6.14. The highest BCUT2D eigenvalue weighted by molar-refractivity contribution is 5.82. The molecular formula is C20H29N5O6. The lowest BCUT2D eigenvalue weighted by Crippen LogP contribution is -2.26. The standard InChI is InChI=1S/C20H29N5O6/c1-3-15(13-22-17(26)7-8-18(27)28)6-4-5-9-25-19(16(12-21)24-20(25)29)23-14-31-11-10-30-2/h3-6,12,14,18,21,27-28H,1,7-11,13H2,2H3,(H,22,26)(H,24,29)/b5-4+,15-6+,21-12?,23-14+. The molecule has 0 fully saturated rings. The number of aromatic nitrogens is 2. The van der Waals surface area contributed by atoms with Gasteiger partial charge in [0.2, 0.25) is 5.91 Å². The Balaban J connectivity index is 2.72. The third-order valence-electron chi connectivity index (χ3n) is 3.85. The van der Waals surface area contributed by atoms with Crippen LogP contribution in [0.2, 0.25) is 0 Å². The Morgan fingerprint density at radius 3 is 2.84 bits per heavy atom. The molecule has 0 saturated heterocycles. The Bertz CT molecular complexity index is 813. The summed E-state index contributed by atoms with van der Waals surface area (Å²) in [4.78, 5) is 19.6. The summed E-state index contributed by atoms with van der Waals surface area (Å²) in [5.74, 6) is -0.0385. The van der Waals surface area contributed by atoms with Gasteiger partial charge in [0, 0.05) is 39.3 Å². The van der Waals surface area contributed by atoms with Crippen LogP contribution in [0, 0.1) is 5.41 Å². The van der Waals surface area contributed by atoms with E-state index < -0.39 is 6.29 Å². The highest BCUT2D eigenvalue weighted by Crippen LogP contribution is 2.23. The van der Waals surface area contributed by atoms with Gasteiger partial charge in [0.15, 0.2) is 18.5 Å². The number of amides is 1. The zero-order valence-corrected chi connectivity index (χ0v) is 17.4. The number of nitrogens with zero attached hydrogens (tertiary/aromatic N) is 3. The van der Waals surface area contributed by atoms with E-state index in [4.69, 9.17) is 25.1 Å². The third-order valence-corrected chi connectivity index (χ3v) is 3.85. The normalized spacial score (nSPS) is 12.1. The molecule has 5 N–H and O–H groups in total. The van der Waals surface area contributed by atoms with E-state index in [1.54, 1.807) is 31.4 Å². The minimum atomic E-state index is -1.51. The molecule has 170 valence electrons. The van der Waals surface area contributed by atoms with Gasteiger partial charge in [-0.3, -0.25) is 9.36 Å². The van der Waals surface area contributed by atoms with Crippen LogP contribution >= 0.6 is 0 Å². The Labute approximate surface area is 180 Å². The van der Waals surface area contributed by atoms with E-state index in [2.05, 4.69) is 21.9 Å². The summed E-state index contributed by atoms with van der Waals surface area (Å²) in [6.45, 7) is 4.86. The van der Waals surface area contributed by atoms with Crippen molar-refractivity contribution in [2.75, 3.05) is 26.9 Å². The van der Waals surface area contributed by atoms with E-state index in [1.165, 1.54) is 11.0 Å². The average molecular weight is 435 g/mol. The van der Waals surface area contributed by atoms with Crippen molar-refractivity contribution in [1.29, 1.82) is 5.41 Å². The lowest BCUT2D eigenvalue weighted by atomic mass is 10.2. The Morgan fingerprint density at radius 1 is 1.42 bits per heavy atom. The molecule has 11 nitrogen and oxygen atoms in total. The third kappa shape index (κ3) is 9.85. The second kappa shape index (κ2) is 14.7. The predicted molar refractivity (Wildman–Crippen MR) is 116 cm³/mol. The van der Waals surface area contributed by atoms with Crippen molar-refractivity contribution in [1.82, 2.24) is 14.9 Å². The topological polar surface area (TPSA) is 162 Å². The van der Waals surface area contributed by atoms with Crippen LogP contribution in [0.1, 0.15) is 18.5 Å². The molecule has 1 amide bonds. The van der Waals surface area contributed by atoms with E-state index in [-0.39, 0.29) is 49.4 Å². The van der Waals surface area contributed by atoms with Crippen LogP contribution in [0.4, 0.5) is 5.82 Å². The number of rotatable bonds is 15. The molecule has 31 heavy (non-hydrogen) atoms. The molecule has 0 aliphatic heterocycles. The number of ether oxygens (including phenoxy) is 2. The number of methoxy groups -OCH3 is 1. The molecule has 1 heterocycles. The maximum atomic E-state index is 11.6. The van der Waals surface area contributed by atoms with Crippen molar-refractivity contribution in [3.05, 3.63) is 42.2 Å². The number of nitrogens with one attached hydrogen (secondary N) is 2. The molecule has 0 atom stereocenters. The monoisotopic (exact) mass is 435 g/mol. The summed E-state index contributed by atoms with van der Waals surface area (Å²) in [6.07, 6.45) is 7.41. The average Bonchev–Trinajstić information content (AvgIpc) is 3.06. The molecule has 0 aromatic carbocycles. The number of imidazole rings is 1. The van der Waals surface area contributed by atoms with E-state index in [0.29, 0.717) is 13.2 Å². The molecule has 0 radical (unpaired) electrons. The Kier molecular flexibility index (Phi) is 12.2. The van der Waals surface area contributed by atoms with Gasteiger partial charge in [-0.2, -0.15) is 4.98 Å². The molecule has 1 rings (SSSR count). The summed E-state index contributed by atoms with van der Waals surface area (Å²) in [5.41, 5.74) is 0.921. The van der Waals surface area contributed by atoms with Gasteiger partial charge in [-0.25, -0.2) is 4.99 Å². The maximum absolute atomic E-state index is 11.6. The van der Waals surface area contributed by atoms with Crippen LogP contribution in [0.3, 0.4) is 0 Å². The highest BCUT2D eigenvalue weighted by atomic mass is 16.5. The number of hydrogen-bond acceptors (Lipinski definition) is 9. The van der Waals surface area contributed by atoms with E-state index in [9.17, 15) is 9.90 Å². The molecule has 0 unspecified atom stereocenters. The van der Waals surface area contributed by atoms with Gasteiger partial charge in [-0.05, 0) is 5.57 Å². The van der Waals surface area contributed by atoms with Crippen LogP contribution in [-0.2, 0) is 20.8 Å². The number of aliphatic imine (C=N–C) groups is 1. The predicted octanol–water partition coefficient (Wildman–Crippen LogP) is 0.785. The highest BCUT2D eigenvalue weighted by Gasteiger charge is 2.13. The summed E-state index contributed by atoms with van der Waals surface area (Å²) < 4.78 is 11.4. The number of aliphatic hydroxyl groups excluding tert-OH is 1. The zero-order valence-electron chi connectivity index (χ0n) is 17.4. The van der Waals surface area contributed by atoms with Crippen LogP contribution < -0.4 is 5.32 Å². The lowest BCUT2D eigenvalue weighted by molar-refractivity contribution is -0.123. The van der Waals surface area contributed by atoms with Crippen molar-refractivity contribution >= 4 is 24.3 Å². The van der Waals surface area contributed by atoms with Gasteiger partial charge in [-0.1, -0.05) is 30.9 Å². The minimum absolute atomic E-state index is 0.00562. The first kappa shape index (κ1) is 25.8. The Hall–Kier alpha value is -3.28. The summed E-state index contributed by atoms with van der Waals surface area (Å²) >= 11 is 0. The summed E-state index contributed by atoms with van der Waals surface area (Å²) in [7, 11) is 1.55. The van der Waals surface area contributed by atoms with Crippen molar-refractivity contribution in [2.45, 2.75) is 25.7 Å². The molecule has 0 spiro atoms. The van der Waals surface area contributed by atoms with Gasteiger partial charge >= 0.3 is 0 Å². The Morgan fingerprint density at radius 2 is 2.19 bits per heavy atom. The van der Waals surface area contributed by atoms with Crippen molar-refractivity contribution < 1.29 is 29.6 Å². The van der Waals surface area contributed by atoms with E-state index >= 15 is 0 Å². The molecule has 0 bridgehead atoms. The minimum Gasteiger partial charge on any atom is -0.481 e. The molecule has 0 aliphatic rings. The van der Waals surface area contributed by atoms with Gasteiger partial charge in [0.1, 0.15) is 12.3 Å². The fourth-order valence-corrected chi connectivity index (χ4v) is 2.23. The molecule has 11 heteroatoms. The summed E-state index contributed by atoms with van der Waals surface area (Å²) in [5, 5.41) is 37.7. The van der Waals surface area contributed by atoms with Gasteiger partial charge in [0.05, 0.1) is 6.61 Å². The number of aromatic hydroxyl groups is 1. The number of hydrogen-bond donors (Lipinski definition) is 5. The number of aliphatic hydroxyl groups is 2. The van der Waals surface area contributed by atoms with E-state index in [0.717, 1.165) is 11.8 Å². The maximum Gasteiger partial charge on any atom is 0.296 e. The zero-order chi connectivity index (χ0) is 23.1. The number of allylic oxidation sites excluding steroid dienone is 3. The summed E-state index contributed by atoms with van der Waals surface area (Å²) in [6, 6.07) is -0.293. The molecule has 1 aromatic heterocycles. The first-order chi connectivity index (χ1) is 14.9. The van der Waals surface area contributed by atoms with Gasteiger partial charge in [0.25, 0.3) is 6.01 Å². The van der Waals surface area contributed by atoms with Crippen LogP contribution in [0.25, 0.3) is 0 Å². The van der Waals surface area contributed by atoms with Crippen molar-refractivity contribution in [3.63, 3.8) is 0 Å². The van der Waals surface area contributed by atoms with Crippen molar-refractivity contribution in [3.8, 4) is 6.01 Å². The SMILES string of the molecule is C=C/C(=C\C=C\Cn1c(O)nc(C=N)c1/N=C/OCCOC)CNC(=O)CCC(O)O. The fourth-order valence-electron chi connectivity index (χ4n) is 2.23. The molecule has 0 saturated carbocycles. The second-order valence-corrected chi connectivity index (χ2v) is 6.14. The van der Waals surface area contributed by atoms with Crippen molar-refractivity contribution in [2.24, 2.45) is 4.99 Å². The van der Waals surface area contributed by atoms with E-state index in [1.807, 2.05) is 0 Å². The molecular weight excluding hydrogens is 406 g/mol. The fraction of sp³-hybridized carbons (Fsp3) is 0.400. The molecule has 0 aliphatic carbocycles. The van der Waals surface area contributed by atoms with Crippen LogP contribution in [-0.4, -0.2) is 76.6 Å². The largest absolute Gasteiger partial charge is 0.481 e. The first-order valence-corrected chi connectivity index (χ1v) is 9.46. The smallest absolute Gasteiger partial charge is 0.296 e. The number of carbonyl (C=O) groups is 1. The first-order valence-electron chi connectivity index (χ1n) is 9.46. The van der Waals surface area contributed by atoms with Crippen LogP contribution in [0.5, 0.6) is 6.01 Å².